The normalized spacial score (nSPS) is 12.8. The molecule has 0 radical (unpaired) electrons. The SMILES string of the molecule is CCCCCCCCCCCCCC(=O)OCCCC/C=C\CCCCCCCC(=O)NC(CO)C(O)CCCCCCCCCCCCC. The first kappa shape index (κ1) is 48.6. The third-order valence-electron chi connectivity index (χ3n) is 10.1. The van der Waals surface area contributed by atoms with Gasteiger partial charge in [0.1, 0.15) is 0 Å². The van der Waals surface area contributed by atoms with Gasteiger partial charge in [-0.2, -0.15) is 0 Å². The predicted octanol–water partition coefficient (Wildman–Crippen LogP) is 12.2. The average Bonchev–Trinajstić information content (AvgIpc) is 3.11. The third-order valence-corrected chi connectivity index (χ3v) is 10.1. The summed E-state index contributed by atoms with van der Waals surface area (Å²) in [5.74, 6) is -0.0978. The number of allylic oxidation sites excluding steroid dienone is 2. The zero-order valence-corrected chi connectivity index (χ0v) is 33.4. The lowest BCUT2D eigenvalue weighted by molar-refractivity contribution is -0.143. The number of carbonyl (C=O) groups excluding carboxylic acids is 2. The average molecular weight is 708 g/mol. The number of amides is 1. The van der Waals surface area contributed by atoms with Gasteiger partial charge in [-0.3, -0.25) is 9.59 Å². The number of unbranched alkanes of at least 4 members (excludes halogenated alkanes) is 27. The lowest BCUT2D eigenvalue weighted by Gasteiger charge is -2.22. The van der Waals surface area contributed by atoms with Crippen molar-refractivity contribution in [2.24, 2.45) is 0 Å². The molecule has 0 rings (SSSR count). The smallest absolute Gasteiger partial charge is 0.305 e. The van der Waals surface area contributed by atoms with Crippen LogP contribution in [0.1, 0.15) is 232 Å². The van der Waals surface area contributed by atoms with Crippen LogP contribution < -0.4 is 5.32 Å². The van der Waals surface area contributed by atoms with Gasteiger partial charge >= 0.3 is 5.97 Å². The Bertz CT molecular complexity index is 742. The summed E-state index contributed by atoms with van der Waals surface area (Å²) < 4.78 is 5.40. The summed E-state index contributed by atoms with van der Waals surface area (Å²) >= 11 is 0. The molecular weight excluding hydrogens is 622 g/mol. The highest BCUT2D eigenvalue weighted by Crippen LogP contribution is 2.15. The second kappa shape index (κ2) is 40.4. The molecule has 0 aromatic carbocycles. The van der Waals surface area contributed by atoms with Crippen molar-refractivity contribution in [1.82, 2.24) is 5.32 Å². The molecule has 0 aromatic heterocycles. The minimum absolute atomic E-state index is 0.0322. The Balaban J connectivity index is 3.53. The third kappa shape index (κ3) is 36.4. The molecule has 0 saturated carbocycles. The molecule has 0 aliphatic carbocycles. The maximum Gasteiger partial charge on any atom is 0.305 e. The van der Waals surface area contributed by atoms with Gasteiger partial charge < -0.3 is 20.3 Å². The van der Waals surface area contributed by atoms with Crippen molar-refractivity contribution >= 4 is 11.9 Å². The first-order chi connectivity index (χ1) is 24.5. The Morgan fingerprint density at radius 2 is 0.940 bits per heavy atom. The molecule has 2 unspecified atom stereocenters. The van der Waals surface area contributed by atoms with Crippen molar-refractivity contribution in [3.05, 3.63) is 12.2 Å². The molecule has 0 aromatic rings. The Kier molecular flexibility index (Phi) is 39.2. The second-order valence-corrected chi connectivity index (χ2v) is 15.0. The maximum atomic E-state index is 12.4. The molecule has 0 bridgehead atoms. The second-order valence-electron chi connectivity index (χ2n) is 15.0. The summed E-state index contributed by atoms with van der Waals surface area (Å²) in [6, 6.07) is -0.559. The van der Waals surface area contributed by atoms with E-state index in [0.717, 1.165) is 83.5 Å². The number of aliphatic hydroxyl groups excluding tert-OH is 2. The van der Waals surface area contributed by atoms with Crippen LogP contribution in [0.25, 0.3) is 0 Å². The van der Waals surface area contributed by atoms with Crippen molar-refractivity contribution < 1.29 is 24.5 Å². The lowest BCUT2D eigenvalue weighted by Crippen LogP contribution is -2.45. The van der Waals surface area contributed by atoms with Crippen LogP contribution in [0.5, 0.6) is 0 Å². The van der Waals surface area contributed by atoms with Crippen molar-refractivity contribution in [2.75, 3.05) is 13.2 Å². The monoisotopic (exact) mass is 708 g/mol. The number of ether oxygens (including phenoxy) is 1. The summed E-state index contributed by atoms with van der Waals surface area (Å²) in [7, 11) is 0. The number of aliphatic hydroxyl groups is 2. The van der Waals surface area contributed by atoms with E-state index in [2.05, 4.69) is 31.3 Å². The first-order valence-corrected chi connectivity index (χ1v) is 21.9. The van der Waals surface area contributed by atoms with E-state index in [1.54, 1.807) is 0 Å². The van der Waals surface area contributed by atoms with Crippen LogP contribution in [0.2, 0.25) is 0 Å². The zero-order chi connectivity index (χ0) is 36.6. The Morgan fingerprint density at radius 1 is 0.540 bits per heavy atom. The van der Waals surface area contributed by atoms with Crippen molar-refractivity contribution in [3.8, 4) is 0 Å². The number of carbonyl (C=O) groups is 2. The maximum absolute atomic E-state index is 12.4. The van der Waals surface area contributed by atoms with E-state index in [1.807, 2.05) is 0 Å². The van der Waals surface area contributed by atoms with Crippen molar-refractivity contribution in [1.29, 1.82) is 0 Å². The lowest BCUT2D eigenvalue weighted by atomic mass is 10.0. The molecule has 0 aliphatic heterocycles. The number of esters is 1. The number of rotatable bonds is 40. The van der Waals surface area contributed by atoms with Crippen LogP contribution in [-0.4, -0.2) is 47.4 Å². The van der Waals surface area contributed by atoms with E-state index < -0.39 is 12.1 Å². The first-order valence-electron chi connectivity index (χ1n) is 21.9. The minimum atomic E-state index is -0.679. The van der Waals surface area contributed by atoms with Crippen LogP contribution in [0.15, 0.2) is 12.2 Å². The number of hydrogen-bond acceptors (Lipinski definition) is 5. The van der Waals surface area contributed by atoms with Gasteiger partial charge in [0.2, 0.25) is 5.91 Å². The standard InChI is InChI=1S/C44H85NO5/c1-3-5-7-9-11-13-16-20-24-28-32-36-42(47)41(40-46)45-43(48)37-33-29-25-21-18-15-19-23-27-31-35-39-50-44(49)38-34-30-26-22-17-14-12-10-8-6-4-2/h19,23,41-42,46-47H,3-18,20-22,24-40H2,1-2H3,(H,45,48)/b23-19-. The van der Waals surface area contributed by atoms with E-state index >= 15 is 0 Å². The molecule has 0 heterocycles. The summed E-state index contributed by atoms with van der Waals surface area (Å²) in [5, 5.41) is 23.0. The zero-order valence-electron chi connectivity index (χ0n) is 33.4. The minimum Gasteiger partial charge on any atom is -0.466 e. The molecule has 6 nitrogen and oxygen atoms in total. The molecule has 3 N–H and O–H groups in total. The highest BCUT2D eigenvalue weighted by molar-refractivity contribution is 5.76. The highest BCUT2D eigenvalue weighted by atomic mass is 16.5. The molecule has 1 amide bonds. The Labute approximate surface area is 310 Å². The van der Waals surface area contributed by atoms with E-state index in [0.29, 0.717) is 25.9 Å². The van der Waals surface area contributed by atoms with E-state index in [-0.39, 0.29) is 18.5 Å². The predicted molar refractivity (Wildman–Crippen MR) is 213 cm³/mol. The fraction of sp³-hybridized carbons (Fsp3) is 0.909. The van der Waals surface area contributed by atoms with E-state index in [9.17, 15) is 19.8 Å². The fourth-order valence-electron chi connectivity index (χ4n) is 6.63. The van der Waals surface area contributed by atoms with Crippen molar-refractivity contribution in [2.45, 2.75) is 244 Å². The Hall–Kier alpha value is -1.40. The van der Waals surface area contributed by atoms with E-state index in [4.69, 9.17) is 4.74 Å². The molecule has 0 aliphatic rings. The van der Waals surface area contributed by atoms with Gasteiger partial charge in [0.05, 0.1) is 25.4 Å². The number of hydrogen-bond donors (Lipinski definition) is 3. The highest BCUT2D eigenvalue weighted by Gasteiger charge is 2.20. The number of nitrogens with one attached hydrogen (secondary N) is 1. The van der Waals surface area contributed by atoms with Gasteiger partial charge in [0.15, 0.2) is 0 Å². The quantitative estimate of drug-likeness (QED) is 0.0335. The van der Waals surface area contributed by atoms with Crippen LogP contribution in [0, 0.1) is 0 Å². The van der Waals surface area contributed by atoms with Gasteiger partial charge in [-0.15, -0.1) is 0 Å². The fourth-order valence-corrected chi connectivity index (χ4v) is 6.63. The Morgan fingerprint density at radius 3 is 1.42 bits per heavy atom. The summed E-state index contributed by atoms with van der Waals surface area (Å²) in [6.45, 7) is 4.85. The summed E-state index contributed by atoms with van der Waals surface area (Å²) in [5.41, 5.74) is 0. The van der Waals surface area contributed by atoms with E-state index in [1.165, 1.54) is 116 Å². The molecule has 0 spiro atoms. The largest absolute Gasteiger partial charge is 0.466 e. The molecule has 0 fully saturated rings. The molecule has 50 heavy (non-hydrogen) atoms. The van der Waals surface area contributed by atoms with Gasteiger partial charge in [0, 0.05) is 12.8 Å². The van der Waals surface area contributed by atoms with Crippen LogP contribution >= 0.6 is 0 Å². The van der Waals surface area contributed by atoms with Crippen LogP contribution in [0.3, 0.4) is 0 Å². The van der Waals surface area contributed by atoms with Crippen molar-refractivity contribution in [3.63, 3.8) is 0 Å². The van der Waals surface area contributed by atoms with Crippen LogP contribution in [-0.2, 0) is 14.3 Å². The molecule has 6 heteroatoms. The topological polar surface area (TPSA) is 95.9 Å². The molecule has 0 saturated heterocycles. The molecular formula is C44H85NO5. The van der Waals surface area contributed by atoms with Gasteiger partial charge in [-0.25, -0.2) is 0 Å². The summed E-state index contributed by atoms with van der Waals surface area (Å²) in [4.78, 5) is 24.3. The van der Waals surface area contributed by atoms with Gasteiger partial charge in [-0.1, -0.05) is 180 Å². The van der Waals surface area contributed by atoms with Crippen LogP contribution in [0.4, 0.5) is 0 Å². The summed E-state index contributed by atoms with van der Waals surface area (Å²) in [6.07, 6.45) is 43.1. The molecule has 2 atom stereocenters. The molecule has 296 valence electrons. The van der Waals surface area contributed by atoms with Gasteiger partial charge in [-0.05, 0) is 51.4 Å². The van der Waals surface area contributed by atoms with Gasteiger partial charge in [0.25, 0.3) is 0 Å².